The number of anilines is 2. The smallest absolute Gasteiger partial charge is 0.244 e. The van der Waals surface area contributed by atoms with Crippen molar-refractivity contribution in [1.82, 2.24) is 9.88 Å². The summed E-state index contributed by atoms with van der Waals surface area (Å²) in [6.45, 7) is 7.21. The molecule has 1 atom stereocenters. The molecule has 0 saturated heterocycles. The largest absolute Gasteiger partial charge is 0.397 e. The van der Waals surface area contributed by atoms with Crippen molar-refractivity contribution in [2.75, 3.05) is 24.1 Å². The number of nitrogens with one attached hydrogen (secondary N) is 1. The van der Waals surface area contributed by atoms with E-state index >= 15 is 0 Å². The van der Waals surface area contributed by atoms with Crippen molar-refractivity contribution < 1.29 is 4.79 Å². The van der Waals surface area contributed by atoms with E-state index in [9.17, 15) is 4.79 Å². The van der Waals surface area contributed by atoms with Crippen LogP contribution in [0.5, 0.6) is 0 Å². The first-order chi connectivity index (χ1) is 8.08. The third-order valence-corrected chi connectivity index (χ3v) is 2.60. The van der Waals surface area contributed by atoms with Crippen LogP contribution in [0.3, 0.4) is 0 Å². The number of rotatable bonds is 5. The summed E-state index contributed by atoms with van der Waals surface area (Å²) in [6, 6.07) is 3.23. The van der Waals surface area contributed by atoms with Gasteiger partial charge in [0.1, 0.15) is 11.9 Å². The molecule has 1 rings (SSSR count). The number of nitrogens with zero attached hydrogens (tertiary/aromatic N) is 2. The highest BCUT2D eigenvalue weighted by Crippen LogP contribution is 2.08. The molecule has 5 heteroatoms. The fourth-order valence-corrected chi connectivity index (χ4v) is 1.58. The van der Waals surface area contributed by atoms with Gasteiger partial charge in [-0.1, -0.05) is 0 Å². The Morgan fingerprint density at radius 2 is 2.12 bits per heavy atom. The maximum absolute atomic E-state index is 12.0. The van der Waals surface area contributed by atoms with E-state index in [0.29, 0.717) is 11.5 Å². The average Bonchev–Trinajstić information content (AvgIpc) is 2.33. The molecule has 0 aliphatic carbocycles. The van der Waals surface area contributed by atoms with Crippen LogP contribution in [0.25, 0.3) is 0 Å². The summed E-state index contributed by atoms with van der Waals surface area (Å²) in [4.78, 5) is 17.9. The summed E-state index contributed by atoms with van der Waals surface area (Å²) in [5, 5.41) is 3.06. The van der Waals surface area contributed by atoms with Crippen molar-refractivity contribution in [1.29, 1.82) is 0 Å². The van der Waals surface area contributed by atoms with Crippen LogP contribution in [0.2, 0.25) is 0 Å². The number of pyridine rings is 1. The van der Waals surface area contributed by atoms with Crippen LogP contribution in [-0.4, -0.2) is 34.9 Å². The van der Waals surface area contributed by atoms with Gasteiger partial charge in [-0.15, -0.1) is 0 Å². The van der Waals surface area contributed by atoms with Crippen LogP contribution in [0.15, 0.2) is 18.3 Å². The zero-order chi connectivity index (χ0) is 12.8. The number of nitrogen functional groups attached to an aromatic ring is 1. The quantitative estimate of drug-likeness (QED) is 0.809. The van der Waals surface area contributed by atoms with E-state index in [0.717, 1.165) is 13.1 Å². The van der Waals surface area contributed by atoms with E-state index in [1.54, 1.807) is 23.2 Å². The van der Waals surface area contributed by atoms with Gasteiger partial charge in [0, 0.05) is 13.1 Å². The first-order valence-corrected chi connectivity index (χ1v) is 5.85. The highest BCUT2D eigenvalue weighted by Gasteiger charge is 2.17. The van der Waals surface area contributed by atoms with Crippen molar-refractivity contribution in [2.45, 2.75) is 26.8 Å². The van der Waals surface area contributed by atoms with Gasteiger partial charge < -0.3 is 16.0 Å². The SMILES string of the molecule is CCN(CC)C(=O)C(C)Nc1ccc(N)cn1. The lowest BCUT2D eigenvalue weighted by atomic mass is 10.2. The van der Waals surface area contributed by atoms with Crippen LogP contribution in [-0.2, 0) is 4.79 Å². The van der Waals surface area contributed by atoms with E-state index in [2.05, 4.69) is 10.3 Å². The molecule has 0 bridgehead atoms. The molecule has 1 aromatic rings. The zero-order valence-electron chi connectivity index (χ0n) is 10.6. The molecular weight excluding hydrogens is 216 g/mol. The fraction of sp³-hybridized carbons (Fsp3) is 0.500. The normalized spacial score (nSPS) is 11.9. The van der Waals surface area contributed by atoms with Gasteiger partial charge in [0.2, 0.25) is 5.91 Å². The number of carbonyl (C=O) groups excluding carboxylic acids is 1. The first kappa shape index (κ1) is 13.3. The summed E-state index contributed by atoms with van der Waals surface area (Å²) in [5.41, 5.74) is 6.15. The van der Waals surface area contributed by atoms with E-state index in [4.69, 9.17) is 5.73 Å². The van der Waals surface area contributed by atoms with Crippen molar-refractivity contribution in [2.24, 2.45) is 0 Å². The van der Waals surface area contributed by atoms with Crippen LogP contribution in [0.4, 0.5) is 11.5 Å². The lowest BCUT2D eigenvalue weighted by Gasteiger charge is -2.23. The number of carbonyl (C=O) groups is 1. The molecule has 0 aromatic carbocycles. The molecular formula is C12H20N4O. The summed E-state index contributed by atoms with van der Waals surface area (Å²) in [6.07, 6.45) is 1.57. The minimum atomic E-state index is -0.286. The Kier molecular flexibility index (Phi) is 4.75. The summed E-state index contributed by atoms with van der Waals surface area (Å²) < 4.78 is 0. The van der Waals surface area contributed by atoms with Gasteiger partial charge in [-0.3, -0.25) is 4.79 Å². The zero-order valence-corrected chi connectivity index (χ0v) is 10.6. The first-order valence-electron chi connectivity index (χ1n) is 5.85. The van der Waals surface area contributed by atoms with Gasteiger partial charge in [0.15, 0.2) is 0 Å². The number of aromatic nitrogens is 1. The molecule has 17 heavy (non-hydrogen) atoms. The number of amides is 1. The second kappa shape index (κ2) is 6.08. The minimum Gasteiger partial charge on any atom is -0.397 e. The van der Waals surface area contributed by atoms with Gasteiger partial charge in [-0.2, -0.15) is 0 Å². The van der Waals surface area contributed by atoms with Crippen LogP contribution in [0, 0.1) is 0 Å². The fourth-order valence-electron chi connectivity index (χ4n) is 1.58. The van der Waals surface area contributed by atoms with Crippen LogP contribution >= 0.6 is 0 Å². The van der Waals surface area contributed by atoms with E-state index < -0.39 is 0 Å². The summed E-state index contributed by atoms with van der Waals surface area (Å²) in [5.74, 6) is 0.737. The van der Waals surface area contributed by atoms with Crippen molar-refractivity contribution in [3.63, 3.8) is 0 Å². The molecule has 0 saturated carbocycles. The Labute approximate surface area is 102 Å². The highest BCUT2D eigenvalue weighted by molar-refractivity contribution is 5.84. The summed E-state index contributed by atoms with van der Waals surface area (Å²) >= 11 is 0. The lowest BCUT2D eigenvalue weighted by molar-refractivity contribution is -0.131. The Hall–Kier alpha value is -1.78. The standard InChI is InChI=1S/C12H20N4O/c1-4-16(5-2)12(17)9(3)15-11-7-6-10(13)8-14-11/h6-9H,4-5,13H2,1-3H3,(H,14,15). The predicted molar refractivity (Wildman–Crippen MR) is 69.7 cm³/mol. The molecule has 0 spiro atoms. The number of likely N-dealkylation sites (N-methyl/N-ethyl adjacent to an activating group) is 1. The number of hydrogen-bond donors (Lipinski definition) is 2. The van der Waals surface area contributed by atoms with Gasteiger partial charge in [-0.25, -0.2) is 4.98 Å². The molecule has 94 valence electrons. The Morgan fingerprint density at radius 3 is 2.59 bits per heavy atom. The molecule has 3 N–H and O–H groups in total. The van der Waals surface area contributed by atoms with Gasteiger partial charge in [0.25, 0.3) is 0 Å². The molecule has 1 aromatic heterocycles. The van der Waals surface area contributed by atoms with Crippen LogP contribution in [0.1, 0.15) is 20.8 Å². The van der Waals surface area contributed by atoms with Crippen molar-refractivity contribution >= 4 is 17.4 Å². The molecule has 0 aliphatic rings. The van der Waals surface area contributed by atoms with Gasteiger partial charge >= 0.3 is 0 Å². The van der Waals surface area contributed by atoms with Crippen LogP contribution < -0.4 is 11.1 Å². The Morgan fingerprint density at radius 1 is 1.47 bits per heavy atom. The van der Waals surface area contributed by atoms with E-state index in [-0.39, 0.29) is 11.9 Å². The van der Waals surface area contributed by atoms with Crippen molar-refractivity contribution in [3.05, 3.63) is 18.3 Å². The lowest BCUT2D eigenvalue weighted by Crippen LogP contribution is -2.41. The molecule has 0 radical (unpaired) electrons. The monoisotopic (exact) mass is 236 g/mol. The second-order valence-corrected chi connectivity index (χ2v) is 3.85. The second-order valence-electron chi connectivity index (χ2n) is 3.85. The third-order valence-electron chi connectivity index (χ3n) is 2.60. The number of hydrogen-bond acceptors (Lipinski definition) is 4. The average molecular weight is 236 g/mol. The molecule has 5 nitrogen and oxygen atoms in total. The predicted octanol–water partition coefficient (Wildman–Crippen LogP) is 1.33. The van der Waals surface area contributed by atoms with Crippen molar-refractivity contribution in [3.8, 4) is 0 Å². The third kappa shape index (κ3) is 3.62. The molecule has 1 amide bonds. The molecule has 1 heterocycles. The molecule has 0 fully saturated rings. The maximum Gasteiger partial charge on any atom is 0.244 e. The topological polar surface area (TPSA) is 71.2 Å². The van der Waals surface area contributed by atoms with E-state index in [1.807, 2.05) is 20.8 Å². The summed E-state index contributed by atoms with van der Waals surface area (Å²) in [7, 11) is 0. The maximum atomic E-state index is 12.0. The Bertz CT molecular complexity index is 359. The highest BCUT2D eigenvalue weighted by atomic mass is 16.2. The number of nitrogens with two attached hydrogens (primary N) is 1. The minimum absolute atomic E-state index is 0.0774. The van der Waals surface area contributed by atoms with E-state index in [1.165, 1.54) is 0 Å². The molecule has 0 aliphatic heterocycles. The molecule has 1 unspecified atom stereocenters. The van der Waals surface area contributed by atoms with Gasteiger partial charge in [0.05, 0.1) is 11.9 Å². The Balaban J connectivity index is 2.62. The van der Waals surface area contributed by atoms with Gasteiger partial charge in [-0.05, 0) is 32.9 Å².